The first kappa shape index (κ1) is 16.9. The fraction of sp³-hybridized carbons (Fsp3) is 0.143. The number of anilines is 1. The molecule has 2 rings (SSSR count). The van der Waals surface area contributed by atoms with Crippen LogP contribution < -0.4 is 5.32 Å². The number of carbonyl (C=O) groups excluding carboxylic acids is 1. The number of amides is 1. The van der Waals surface area contributed by atoms with Crippen molar-refractivity contribution in [3.05, 3.63) is 54.2 Å². The Kier molecular flexibility index (Phi) is 4.69. The van der Waals surface area contributed by atoms with Crippen molar-refractivity contribution in [3.8, 4) is 0 Å². The van der Waals surface area contributed by atoms with Crippen molar-refractivity contribution in [2.24, 2.45) is 0 Å². The molecule has 0 saturated carbocycles. The van der Waals surface area contributed by atoms with Crippen molar-refractivity contribution < 1.29 is 26.4 Å². The maximum Gasteiger partial charge on any atom is 0.416 e. The number of pyridine rings is 1. The Morgan fingerprint density at radius 2 is 1.74 bits per heavy atom. The third-order valence-corrected chi connectivity index (χ3v) is 4.29. The summed E-state index contributed by atoms with van der Waals surface area (Å²) in [5.41, 5.74) is -0.796. The Morgan fingerprint density at radius 1 is 1.09 bits per heavy atom. The van der Waals surface area contributed by atoms with Gasteiger partial charge in [0.2, 0.25) is 15.7 Å². The Morgan fingerprint density at radius 3 is 2.26 bits per heavy atom. The van der Waals surface area contributed by atoms with Gasteiger partial charge < -0.3 is 5.32 Å². The van der Waals surface area contributed by atoms with Crippen molar-refractivity contribution >= 4 is 21.4 Å². The summed E-state index contributed by atoms with van der Waals surface area (Å²) in [6, 6.07) is 7.93. The number of hydrogen-bond acceptors (Lipinski definition) is 4. The molecule has 0 atom stereocenters. The van der Waals surface area contributed by atoms with E-state index in [1.54, 1.807) is 0 Å². The highest BCUT2D eigenvalue weighted by molar-refractivity contribution is 7.92. The number of aromatic nitrogens is 1. The average molecular weight is 344 g/mol. The molecule has 0 aliphatic carbocycles. The summed E-state index contributed by atoms with van der Waals surface area (Å²) in [6.45, 7) is 0. The molecule has 5 nitrogen and oxygen atoms in total. The molecule has 122 valence electrons. The lowest BCUT2D eigenvalue weighted by atomic mass is 10.2. The largest absolute Gasteiger partial charge is 0.416 e. The molecular weight excluding hydrogens is 333 g/mol. The summed E-state index contributed by atoms with van der Waals surface area (Å²) in [7, 11) is -3.91. The minimum atomic E-state index is -4.48. The molecular formula is C14H11F3N2O3S. The number of hydrogen-bond donors (Lipinski definition) is 1. The topological polar surface area (TPSA) is 76.1 Å². The highest BCUT2D eigenvalue weighted by atomic mass is 32.2. The summed E-state index contributed by atoms with van der Waals surface area (Å²) >= 11 is 0. The molecule has 1 heterocycles. The quantitative estimate of drug-likeness (QED) is 0.925. The fourth-order valence-corrected chi connectivity index (χ4v) is 2.79. The van der Waals surface area contributed by atoms with E-state index in [1.165, 1.54) is 24.4 Å². The molecule has 0 aliphatic heterocycles. The Labute approximate surface area is 130 Å². The highest BCUT2D eigenvalue weighted by Crippen LogP contribution is 2.29. The van der Waals surface area contributed by atoms with Crippen molar-refractivity contribution in [2.75, 3.05) is 11.1 Å². The molecule has 23 heavy (non-hydrogen) atoms. The first-order valence-corrected chi connectivity index (χ1v) is 7.94. The van der Waals surface area contributed by atoms with E-state index >= 15 is 0 Å². The van der Waals surface area contributed by atoms with Crippen LogP contribution in [0.5, 0.6) is 0 Å². The zero-order valence-corrected chi connectivity index (χ0v) is 12.4. The Bertz CT molecular complexity index is 788. The van der Waals surface area contributed by atoms with E-state index < -0.39 is 33.2 Å². The van der Waals surface area contributed by atoms with Gasteiger partial charge >= 0.3 is 6.18 Å². The standard InChI is InChI=1S/C14H11F3N2O3S/c15-14(16,17)10-4-6-11(7-5-10)19-12(20)9-23(21,22)13-3-1-2-8-18-13/h1-8H,9H2,(H,19,20). The molecule has 1 amide bonds. The van der Waals surface area contributed by atoms with E-state index in [2.05, 4.69) is 10.3 Å². The smallest absolute Gasteiger partial charge is 0.325 e. The minimum Gasteiger partial charge on any atom is -0.325 e. The molecule has 0 bridgehead atoms. The van der Waals surface area contributed by atoms with Gasteiger partial charge in [-0.15, -0.1) is 0 Å². The van der Waals surface area contributed by atoms with E-state index in [0.29, 0.717) is 0 Å². The molecule has 0 radical (unpaired) electrons. The lowest BCUT2D eigenvalue weighted by Crippen LogP contribution is -2.23. The maximum atomic E-state index is 12.4. The van der Waals surface area contributed by atoms with Crippen LogP contribution in [0.25, 0.3) is 0 Å². The van der Waals surface area contributed by atoms with E-state index in [9.17, 15) is 26.4 Å². The van der Waals surface area contributed by atoms with E-state index in [1.807, 2.05) is 0 Å². The summed E-state index contributed by atoms with van der Waals surface area (Å²) in [6.07, 6.45) is -3.20. The Balaban J connectivity index is 2.05. The first-order chi connectivity index (χ1) is 10.7. The van der Waals surface area contributed by atoms with Gasteiger partial charge in [-0.25, -0.2) is 13.4 Å². The molecule has 9 heteroatoms. The van der Waals surface area contributed by atoms with E-state index in [0.717, 1.165) is 24.3 Å². The highest BCUT2D eigenvalue weighted by Gasteiger charge is 2.30. The fourth-order valence-electron chi connectivity index (χ4n) is 1.72. The third-order valence-electron chi connectivity index (χ3n) is 2.77. The van der Waals surface area contributed by atoms with Gasteiger partial charge in [-0.2, -0.15) is 13.2 Å². The second kappa shape index (κ2) is 6.37. The number of sulfone groups is 1. The number of halogens is 3. The van der Waals surface area contributed by atoms with Gasteiger partial charge in [0.1, 0.15) is 5.75 Å². The monoisotopic (exact) mass is 344 g/mol. The molecule has 1 aromatic heterocycles. The third kappa shape index (κ3) is 4.52. The van der Waals surface area contributed by atoms with Gasteiger partial charge in [-0.1, -0.05) is 6.07 Å². The van der Waals surface area contributed by atoms with E-state index in [-0.39, 0.29) is 10.7 Å². The van der Waals surface area contributed by atoms with Gasteiger partial charge in [0.25, 0.3) is 0 Å². The van der Waals surface area contributed by atoms with Crippen LogP contribution in [0.1, 0.15) is 5.56 Å². The predicted octanol–water partition coefficient (Wildman–Crippen LogP) is 2.51. The molecule has 0 fully saturated rings. The Hall–Kier alpha value is -2.42. The number of rotatable bonds is 4. The summed E-state index contributed by atoms with van der Waals surface area (Å²) in [4.78, 5) is 15.4. The molecule has 0 unspecified atom stereocenters. The lowest BCUT2D eigenvalue weighted by Gasteiger charge is -2.09. The van der Waals surface area contributed by atoms with Gasteiger partial charge in [-0.3, -0.25) is 4.79 Å². The van der Waals surface area contributed by atoms with Crippen LogP contribution in [0.2, 0.25) is 0 Å². The molecule has 0 spiro atoms. The zero-order valence-electron chi connectivity index (χ0n) is 11.5. The first-order valence-electron chi connectivity index (χ1n) is 6.29. The minimum absolute atomic E-state index is 0.0687. The van der Waals surface area contributed by atoms with Crippen molar-refractivity contribution in [2.45, 2.75) is 11.2 Å². The second-order valence-corrected chi connectivity index (χ2v) is 6.49. The molecule has 0 aliphatic rings. The SMILES string of the molecule is O=C(CS(=O)(=O)c1ccccn1)Nc1ccc(C(F)(F)F)cc1. The number of nitrogens with one attached hydrogen (secondary N) is 1. The van der Waals surface area contributed by atoms with Crippen molar-refractivity contribution in [1.29, 1.82) is 0 Å². The van der Waals surface area contributed by atoms with Crippen LogP contribution in [-0.4, -0.2) is 25.1 Å². The van der Waals surface area contributed by atoms with Crippen molar-refractivity contribution in [3.63, 3.8) is 0 Å². The zero-order chi connectivity index (χ0) is 17.1. The second-order valence-electron chi connectivity index (χ2n) is 4.55. The summed E-state index contributed by atoms with van der Waals surface area (Å²) in [5.74, 6) is -1.72. The van der Waals surface area contributed by atoms with Crippen LogP contribution in [-0.2, 0) is 20.8 Å². The molecule has 2 aromatic rings. The molecule has 1 N–H and O–H groups in total. The van der Waals surface area contributed by atoms with Crippen LogP contribution in [0.15, 0.2) is 53.7 Å². The van der Waals surface area contributed by atoms with Crippen molar-refractivity contribution in [1.82, 2.24) is 4.98 Å². The van der Waals surface area contributed by atoms with Crippen LogP contribution in [0, 0.1) is 0 Å². The number of benzene rings is 1. The van der Waals surface area contributed by atoms with Crippen LogP contribution in [0.3, 0.4) is 0 Å². The van der Waals surface area contributed by atoms with E-state index in [4.69, 9.17) is 0 Å². The summed E-state index contributed by atoms with van der Waals surface area (Å²) < 4.78 is 61.1. The number of nitrogens with zero attached hydrogens (tertiary/aromatic N) is 1. The molecule has 0 saturated heterocycles. The lowest BCUT2D eigenvalue weighted by molar-refractivity contribution is -0.137. The van der Waals surface area contributed by atoms with Gasteiger partial charge in [0.15, 0.2) is 5.03 Å². The average Bonchev–Trinajstić information content (AvgIpc) is 2.47. The van der Waals surface area contributed by atoms with Gasteiger partial charge in [-0.05, 0) is 36.4 Å². The van der Waals surface area contributed by atoms with Gasteiger partial charge in [0, 0.05) is 11.9 Å². The molecule has 1 aromatic carbocycles. The number of carbonyl (C=O) groups is 1. The van der Waals surface area contributed by atoms with Crippen LogP contribution in [0.4, 0.5) is 18.9 Å². The maximum absolute atomic E-state index is 12.4. The number of alkyl halides is 3. The van der Waals surface area contributed by atoms with Crippen LogP contribution >= 0.6 is 0 Å². The normalized spacial score (nSPS) is 12.0. The predicted molar refractivity (Wildman–Crippen MR) is 76.4 cm³/mol. The van der Waals surface area contributed by atoms with Gasteiger partial charge in [0.05, 0.1) is 5.56 Å². The summed E-state index contributed by atoms with van der Waals surface area (Å²) in [5, 5.41) is 1.99.